The average Bonchev–Trinajstić information content (AvgIpc) is 2.68. The molecule has 4 heteroatoms. The Morgan fingerprint density at radius 2 is 1.83 bits per heavy atom. The zero-order valence-corrected chi connectivity index (χ0v) is 18.7. The molecule has 1 amide bonds. The first-order chi connectivity index (χ1) is 14.3. The van der Waals surface area contributed by atoms with Crippen LogP contribution in [0.25, 0.3) is 0 Å². The van der Waals surface area contributed by atoms with Crippen LogP contribution in [0.15, 0.2) is 42.5 Å². The molecular weight excluding hydrogens is 372 g/mol. The molecule has 1 N–H and O–H groups in total. The lowest BCUT2D eigenvalue weighted by Crippen LogP contribution is -2.45. The zero-order chi connectivity index (χ0) is 21.3. The SMILES string of the molecule is Cc1cccc(CN2CCC(C(=O)N[C@@H]3CC(C)(C)Oc4ccc(C)cc43)CC2)c1. The topological polar surface area (TPSA) is 41.6 Å². The van der Waals surface area contributed by atoms with Crippen LogP contribution in [-0.2, 0) is 11.3 Å². The zero-order valence-electron chi connectivity index (χ0n) is 18.7. The highest BCUT2D eigenvalue weighted by molar-refractivity contribution is 5.79. The van der Waals surface area contributed by atoms with Gasteiger partial charge < -0.3 is 10.1 Å². The molecule has 4 nitrogen and oxygen atoms in total. The maximum Gasteiger partial charge on any atom is 0.223 e. The molecule has 30 heavy (non-hydrogen) atoms. The molecule has 2 aliphatic rings. The summed E-state index contributed by atoms with van der Waals surface area (Å²) in [6.07, 6.45) is 2.64. The molecule has 0 aromatic heterocycles. The maximum atomic E-state index is 13.1. The van der Waals surface area contributed by atoms with Gasteiger partial charge in [0.05, 0.1) is 6.04 Å². The standard InChI is InChI=1S/C26H34N2O2/c1-18-6-5-7-20(14-18)17-28-12-10-21(11-13-28)25(29)27-23-16-26(3,4)30-24-9-8-19(2)15-22(23)24/h5-9,14-15,21,23H,10-13,16-17H2,1-4H3,(H,27,29)/t23-/m1/s1. The van der Waals surface area contributed by atoms with E-state index in [4.69, 9.17) is 4.74 Å². The van der Waals surface area contributed by atoms with Crippen LogP contribution in [0, 0.1) is 19.8 Å². The molecule has 1 saturated heterocycles. The highest BCUT2D eigenvalue weighted by Gasteiger charge is 2.36. The third kappa shape index (κ3) is 4.86. The number of piperidine rings is 1. The van der Waals surface area contributed by atoms with Crippen molar-refractivity contribution in [2.24, 2.45) is 5.92 Å². The third-order valence-corrected chi connectivity index (χ3v) is 6.39. The van der Waals surface area contributed by atoms with Crippen LogP contribution in [0.3, 0.4) is 0 Å². The van der Waals surface area contributed by atoms with Crippen molar-refractivity contribution in [1.29, 1.82) is 0 Å². The fourth-order valence-corrected chi connectivity index (χ4v) is 4.81. The molecule has 0 unspecified atom stereocenters. The predicted octanol–water partition coefficient (Wildman–Crippen LogP) is 4.93. The van der Waals surface area contributed by atoms with Crippen molar-refractivity contribution < 1.29 is 9.53 Å². The Kier molecular flexibility index (Phi) is 5.88. The number of ether oxygens (including phenoxy) is 1. The van der Waals surface area contributed by atoms with Crippen LogP contribution in [0.4, 0.5) is 0 Å². The normalized spacial score (nSPS) is 21.5. The predicted molar refractivity (Wildman–Crippen MR) is 121 cm³/mol. The van der Waals surface area contributed by atoms with Crippen molar-refractivity contribution in [1.82, 2.24) is 10.2 Å². The number of rotatable bonds is 4. The van der Waals surface area contributed by atoms with Crippen molar-refractivity contribution in [3.05, 3.63) is 64.7 Å². The summed E-state index contributed by atoms with van der Waals surface area (Å²) in [6.45, 7) is 11.3. The fourth-order valence-electron chi connectivity index (χ4n) is 4.81. The van der Waals surface area contributed by atoms with Gasteiger partial charge in [0.2, 0.25) is 5.91 Å². The molecule has 2 aliphatic heterocycles. The number of carbonyl (C=O) groups is 1. The number of hydrogen-bond donors (Lipinski definition) is 1. The lowest BCUT2D eigenvalue weighted by atomic mass is 9.88. The number of hydrogen-bond acceptors (Lipinski definition) is 3. The van der Waals surface area contributed by atoms with Crippen LogP contribution >= 0.6 is 0 Å². The second kappa shape index (κ2) is 8.43. The minimum absolute atomic E-state index is 0.0153. The summed E-state index contributed by atoms with van der Waals surface area (Å²) < 4.78 is 6.15. The largest absolute Gasteiger partial charge is 0.487 e. The Morgan fingerprint density at radius 1 is 1.10 bits per heavy atom. The van der Waals surface area contributed by atoms with E-state index in [1.54, 1.807) is 0 Å². The van der Waals surface area contributed by atoms with E-state index >= 15 is 0 Å². The molecular formula is C26H34N2O2. The lowest BCUT2D eigenvalue weighted by Gasteiger charge is -2.39. The van der Waals surface area contributed by atoms with Gasteiger partial charge in [-0.25, -0.2) is 0 Å². The minimum atomic E-state index is -0.280. The Morgan fingerprint density at radius 3 is 2.57 bits per heavy atom. The number of nitrogens with one attached hydrogen (secondary N) is 1. The fraction of sp³-hybridized carbons (Fsp3) is 0.500. The van der Waals surface area contributed by atoms with Gasteiger partial charge in [0, 0.05) is 24.4 Å². The highest BCUT2D eigenvalue weighted by atomic mass is 16.5. The molecule has 0 aliphatic carbocycles. The molecule has 2 aromatic carbocycles. The van der Waals surface area contributed by atoms with E-state index in [9.17, 15) is 4.79 Å². The van der Waals surface area contributed by atoms with Gasteiger partial charge in [-0.05, 0) is 65.3 Å². The van der Waals surface area contributed by atoms with Crippen molar-refractivity contribution in [3.63, 3.8) is 0 Å². The van der Waals surface area contributed by atoms with Crippen LogP contribution in [0.2, 0.25) is 0 Å². The average molecular weight is 407 g/mol. The summed E-state index contributed by atoms with van der Waals surface area (Å²) in [4.78, 5) is 15.6. The summed E-state index contributed by atoms with van der Waals surface area (Å²) in [5.41, 5.74) is 4.68. The Bertz CT molecular complexity index is 913. The van der Waals surface area contributed by atoms with Crippen molar-refractivity contribution in [2.75, 3.05) is 13.1 Å². The molecule has 1 atom stereocenters. The van der Waals surface area contributed by atoms with E-state index in [1.165, 1.54) is 16.7 Å². The molecule has 1 fully saturated rings. The Labute approximate surface area is 180 Å². The van der Waals surface area contributed by atoms with E-state index in [1.807, 2.05) is 6.07 Å². The number of likely N-dealkylation sites (tertiary alicyclic amines) is 1. The number of amides is 1. The van der Waals surface area contributed by atoms with Crippen molar-refractivity contribution >= 4 is 5.91 Å². The minimum Gasteiger partial charge on any atom is -0.487 e. The number of nitrogens with zero attached hydrogens (tertiary/aromatic N) is 1. The maximum absolute atomic E-state index is 13.1. The monoisotopic (exact) mass is 406 g/mol. The number of aryl methyl sites for hydroxylation is 2. The van der Waals surface area contributed by atoms with E-state index in [0.29, 0.717) is 0 Å². The smallest absolute Gasteiger partial charge is 0.223 e. The first kappa shape index (κ1) is 20.9. The van der Waals surface area contributed by atoms with Crippen molar-refractivity contribution in [3.8, 4) is 5.75 Å². The van der Waals surface area contributed by atoms with E-state index in [-0.39, 0.29) is 23.5 Å². The van der Waals surface area contributed by atoms with Gasteiger partial charge in [0.1, 0.15) is 11.4 Å². The number of carbonyl (C=O) groups excluding carboxylic acids is 1. The summed E-state index contributed by atoms with van der Waals surface area (Å²) in [7, 11) is 0. The summed E-state index contributed by atoms with van der Waals surface area (Å²) >= 11 is 0. The molecule has 4 rings (SSSR count). The van der Waals surface area contributed by atoms with Gasteiger partial charge in [-0.1, -0.05) is 47.5 Å². The summed E-state index contributed by atoms with van der Waals surface area (Å²) in [5, 5.41) is 3.36. The molecule has 0 saturated carbocycles. The Balaban J connectivity index is 1.36. The van der Waals surface area contributed by atoms with Crippen LogP contribution in [0.5, 0.6) is 5.75 Å². The second-order valence-corrected chi connectivity index (χ2v) is 9.71. The second-order valence-electron chi connectivity index (χ2n) is 9.71. The number of benzene rings is 2. The van der Waals surface area contributed by atoms with Crippen LogP contribution < -0.4 is 10.1 Å². The van der Waals surface area contributed by atoms with Gasteiger partial charge in [-0.15, -0.1) is 0 Å². The highest BCUT2D eigenvalue weighted by Crippen LogP contribution is 2.40. The number of fused-ring (bicyclic) bond motifs is 1. The summed E-state index contributed by atoms with van der Waals surface area (Å²) in [5.74, 6) is 1.19. The van der Waals surface area contributed by atoms with E-state index in [2.05, 4.69) is 74.3 Å². The van der Waals surface area contributed by atoms with E-state index in [0.717, 1.165) is 50.2 Å². The van der Waals surface area contributed by atoms with Crippen molar-refractivity contribution in [2.45, 2.75) is 65.1 Å². The summed E-state index contributed by atoms with van der Waals surface area (Å²) in [6, 6.07) is 15.0. The van der Waals surface area contributed by atoms with Crippen LogP contribution in [0.1, 0.15) is 61.4 Å². The molecule has 2 aromatic rings. The molecule has 160 valence electrons. The van der Waals surface area contributed by atoms with Gasteiger partial charge in [0.25, 0.3) is 0 Å². The molecule has 0 bridgehead atoms. The molecule has 0 radical (unpaired) electrons. The molecule has 0 spiro atoms. The van der Waals surface area contributed by atoms with Gasteiger partial charge in [-0.3, -0.25) is 9.69 Å². The first-order valence-electron chi connectivity index (χ1n) is 11.2. The van der Waals surface area contributed by atoms with Gasteiger partial charge in [-0.2, -0.15) is 0 Å². The van der Waals surface area contributed by atoms with Gasteiger partial charge in [0.15, 0.2) is 0 Å². The quantitative estimate of drug-likeness (QED) is 0.782. The lowest BCUT2D eigenvalue weighted by molar-refractivity contribution is -0.127. The third-order valence-electron chi connectivity index (χ3n) is 6.39. The Hall–Kier alpha value is -2.33. The van der Waals surface area contributed by atoms with E-state index < -0.39 is 0 Å². The van der Waals surface area contributed by atoms with Gasteiger partial charge >= 0.3 is 0 Å². The van der Waals surface area contributed by atoms with Crippen LogP contribution in [-0.4, -0.2) is 29.5 Å². The molecule has 2 heterocycles. The first-order valence-corrected chi connectivity index (χ1v) is 11.2.